The van der Waals surface area contributed by atoms with E-state index in [0.717, 1.165) is 5.56 Å². The Bertz CT molecular complexity index is 191. The van der Waals surface area contributed by atoms with Gasteiger partial charge < -0.3 is 5.11 Å². The zero-order chi connectivity index (χ0) is 6.85. The van der Waals surface area contributed by atoms with Crippen molar-refractivity contribution in [3.05, 3.63) is 21.9 Å². The van der Waals surface area contributed by atoms with Gasteiger partial charge in [-0.2, -0.15) is 11.3 Å². The van der Waals surface area contributed by atoms with Crippen LogP contribution in [0.1, 0.15) is 24.2 Å². The van der Waals surface area contributed by atoms with Gasteiger partial charge in [-0.15, -0.1) is 0 Å². The van der Waals surface area contributed by atoms with E-state index in [1.54, 1.807) is 18.3 Å². The van der Waals surface area contributed by atoms with E-state index in [4.69, 9.17) is 5.11 Å². The summed E-state index contributed by atoms with van der Waals surface area (Å²) in [6.45, 7) is 3.80. The van der Waals surface area contributed by atoms with Gasteiger partial charge in [-0.3, -0.25) is 0 Å². The van der Waals surface area contributed by atoms with Crippen molar-refractivity contribution in [3.63, 3.8) is 0 Å². The normalized spacial score (nSPS) is 13.7. The second-order valence-corrected chi connectivity index (χ2v) is 2.93. The quantitative estimate of drug-likeness (QED) is 0.636. The highest BCUT2D eigenvalue weighted by atomic mass is 32.1. The molecular weight excluding hydrogens is 132 g/mol. The van der Waals surface area contributed by atoms with Crippen molar-refractivity contribution in [2.24, 2.45) is 0 Å². The predicted octanol–water partition coefficient (Wildman–Crippen LogP) is 2.11. The maximum absolute atomic E-state index is 9.10. The molecule has 9 heavy (non-hydrogen) atoms. The van der Waals surface area contributed by atoms with E-state index in [1.165, 1.54) is 5.56 Å². The molecule has 1 aromatic rings. The summed E-state index contributed by atoms with van der Waals surface area (Å²) >= 11 is 1.63. The Morgan fingerprint density at radius 3 is 2.44 bits per heavy atom. The molecule has 0 radical (unpaired) electrons. The highest BCUT2D eigenvalue weighted by molar-refractivity contribution is 7.08. The molecule has 2 heteroatoms. The fourth-order valence-corrected chi connectivity index (χ4v) is 1.74. The van der Waals surface area contributed by atoms with Crippen LogP contribution in [0, 0.1) is 6.92 Å². The Kier molecular flexibility index (Phi) is 1.88. The van der Waals surface area contributed by atoms with Crippen molar-refractivity contribution in [1.29, 1.82) is 0 Å². The fourth-order valence-electron chi connectivity index (χ4n) is 0.798. The third-order valence-corrected chi connectivity index (χ3v) is 2.22. The molecule has 0 aliphatic rings. The summed E-state index contributed by atoms with van der Waals surface area (Å²) in [6.07, 6.45) is -0.309. The monoisotopic (exact) mass is 142 g/mol. The number of aliphatic hydroxyl groups is 1. The number of aryl methyl sites for hydroxylation is 1. The first kappa shape index (κ1) is 6.78. The molecule has 1 rings (SSSR count). The summed E-state index contributed by atoms with van der Waals surface area (Å²) < 4.78 is 0. The molecular formula is C7H10OS. The predicted molar refractivity (Wildman–Crippen MR) is 39.7 cm³/mol. The Morgan fingerprint density at radius 2 is 2.22 bits per heavy atom. The maximum atomic E-state index is 9.10. The molecule has 0 unspecified atom stereocenters. The molecule has 0 saturated heterocycles. The van der Waals surface area contributed by atoms with Crippen LogP contribution in [0.5, 0.6) is 0 Å². The summed E-state index contributed by atoms with van der Waals surface area (Å²) in [5.41, 5.74) is 2.25. The van der Waals surface area contributed by atoms with Crippen LogP contribution in [-0.4, -0.2) is 5.11 Å². The van der Waals surface area contributed by atoms with E-state index >= 15 is 0 Å². The molecule has 1 atom stereocenters. The van der Waals surface area contributed by atoms with Crippen molar-refractivity contribution >= 4 is 11.3 Å². The number of hydrogen-bond donors (Lipinski definition) is 1. The topological polar surface area (TPSA) is 20.2 Å². The van der Waals surface area contributed by atoms with Crippen LogP contribution in [0.4, 0.5) is 0 Å². The second kappa shape index (κ2) is 2.50. The minimum atomic E-state index is -0.309. The van der Waals surface area contributed by atoms with Crippen LogP contribution in [0.2, 0.25) is 0 Å². The lowest BCUT2D eigenvalue weighted by Gasteiger charge is -2.00. The van der Waals surface area contributed by atoms with Crippen molar-refractivity contribution in [1.82, 2.24) is 0 Å². The number of rotatable bonds is 1. The zero-order valence-corrected chi connectivity index (χ0v) is 6.40. The third-order valence-electron chi connectivity index (χ3n) is 1.35. The average molecular weight is 142 g/mol. The first-order valence-corrected chi connectivity index (χ1v) is 3.87. The summed E-state index contributed by atoms with van der Waals surface area (Å²) in [6, 6.07) is 0. The second-order valence-electron chi connectivity index (χ2n) is 2.19. The SMILES string of the molecule is Cc1cscc1[C@@H](C)O. The molecule has 1 aromatic heterocycles. The highest BCUT2D eigenvalue weighted by Crippen LogP contribution is 2.20. The van der Waals surface area contributed by atoms with Gasteiger partial charge in [0.25, 0.3) is 0 Å². The van der Waals surface area contributed by atoms with Crippen LogP contribution in [0.3, 0.4) is 0 Å². The Balaban J connectivity index is 2.94. The van der Waals surface area contributed by atoms with Gasteiger partial charge in [-0.1, -0.05) is 0 Å². The molecule has 1 N–H and O–H groups in total. The lowest BCUT2D eigenvalue weighted by molar-refractivity contribution is 0.199. The van der Waals surface area contributed by atoms with Gasteiger partial charge in [-0.05, 0) is 35.7 Å². The Labute approximate surface area is 59.0 Å². The first-order chi connectivity index (χ1) is 4.22. The minimum absolute atomic E-state index is 0.309. The van der Waals surface area contributed by atoms with Crippen molar-refractivity contribution < 1.29 is 5.11 Å². The van der Waals surface area contributed by atoms with E-state index in [9.17, 15) is 0 Å². The lowest BCUT2D eigenvalue weighted by atomic mass is 10.1. The first-order valence-electron chi connectivity index (χ1n) is 2.92. The van der Waals surface area contributed by atoms with E-state index in [1.807, 2.05) is 17.7 Å². The number of hydrogen-bond acceptors (Lipinski definition) is 2. The van der Waals surface area contributed by atoms with Crippen LogP contribution in [0.15, 0.2) is 10.8 Å². The van der Waals surface area contributed by atoms with Crippen molar-refractivity contribution in [2.75, 3.05) is 0 Å². The largest absolute Gasteiger partial charge is 0.389 e. The average Bonchev–Trinajstić information content (AvgIpc) is 2.13. The summed E-state index contributed by atoms with van der Waals surface area (Å²) in [5, 5.41) is 13.1. The zero-order valence-electron chi connectivity index (χ0n) is 5.59. The van der Waals surface area contributed by atoms with E-state index in [0.29, 0.717) is 0 Å². The Hall–Kier alpha value is -0.340. The van der Waals surface area contributed by atoms with E-state index in [-0.39, 0.29) is 6.10 Å². The number of aliphatic hydroxyl groups excluding tert-OH is 1. The molecule has 0 fully saturated rings. The maximum Gasteiger partial charge on any atom is 0.0772 e. The molecule has 1 heterocycles. The molecule has 0 aliphatic heterocycles. The van der Waals surface area contributed by atoms with E-state index in [2.05, 4.69) is 0 Å². The van der Waals surface area contributed by atoms with Gasteiger partial charge in [-0.25, -0.2) is 0 Å². The Morgan fingerprint density at radius 1 is 1.56 bits per heavy atom. The lowest BCUT2D eigenvalue weighted by Crippen LogP contribution is -1.88. The molecule has 0 amide bonds. The molecule has 0 spiro atoms. The number of thiophene rings is 1. The van der Waals surface area contributed by atoms with Gasteiger partial charge in [0.15, 0.2) is 0 Å². The summed E-state index contributed by atoms with van der Waals surface area (Å²) in [4.78, 5) is 0. The van der Waals surface area contributed by atoms with Gasteiger partial charge in [0.1, 0.15) is 0 Å². The van der Waals surface area contributed by atoms with Crippen molar-refractivity contribution in [3.8, 4) is 0 Å². The summed E-state index contributed by atoms with van der Waals surface area (Å²) in [7, 11) is 0. The smallest absolute Gasteiger partial charge is 0.0772 e. The van der Waals surface area contributed by atoms with Crippen LogP contribution < -0.4 is 0 Å². The minimum Gasteiger partial charge on any atom is -0.389 e. The standard InChI is InChI=1S/C7H10OS/c1-5-3-9-4-7(5)6(2)8/h3-4,6,8H,1-2H3/t6-/m1/s1. The van der Waals surface area contributed by atoms with Crippen molar-refractivity contribution in [2.45, 2.75) is 20.0 Å². The molecule has 0 aromatic carbocycles. The van der Waals surface area contributed by atoms with Crippen LogP contribution in [-0.2, 0) is 0 Å². The highest BCUT2D eigenvalue weighted by Gasteiger charge is 2.03. The molecule has 0 saturated carbocycles. The van der Waals surface area contributed by atoms with E-state index < -0.39 is 0 Å². The molecule has 0 aliphatic carbocycles. The van der Waals surface area contributed by atoms with Crippen LogP contribution >= 0.6 is 11.3 Å². The molecule has 0 bridgehead atoms. The van der Waals surface area contributed by atoms with Gasteiger partial charge in [0.05, 0.1) is 6.10 Å². The van der Waals surface area contributed by atoms with Gasteiger partial charge >= 0.3 is 0 Å². The molecule has 1 nitrogen and oxygen atoms in total. The fraction of sp³-hybridized carbons (Fsp3) is 0.429. The summed E-state index contributed by atoms with van der Waals surface area (Å²) in [5.74, 6) is 0. The van der Waals surface area contributed by atoms with Gasteiger partial charge in [0.2, 0.25) is 0 Å². The van der Waals surface area contributed by atoms with Crippen LogP contribution in [0.25, 0.3) is 0 Å². The third kappa shape index (κ3) is 1.32. The van der Waals surface area contributed by atoms with Gasteiger partial charge in [0, 0.05) is 0 Å². The molecule has 50 valence electrons.